The van der Waals surface area contributed by atoms with Crippen molar-refractivity contribution in [1.82, 2.24) is 24.5 Å². The summed E-state index contributed by atoms with van der Waals surface area (Å²) in [5.74, 6) is 0.742. The van der Waals surface area contributed by atoms with Gasteiger partial charge in [0.2, 0.25) is 11.8 Å². The van der Waals surface area contributed by atoms with Crippen LogP contribution >= 0.6 is 0 Å². The van der Waals surface area contributed by atoms with Gasteiger partial charge < -0.3 is 14.7 Å². The number of hydrogen-bond acceptors (Lipinski definition) is 4. The van der Waals surface area contributed by atoms with Crippen molar-refractivity contribution in [1.29, 1.82) is 0 Å². The maximum Gasteiger partial charge on any atom is 0.226 e. The highest BCUT2D eigenvalue weighted by atomic mass is 16.2. The van der Waals surface area contributed by atoms with Gasteiger partial charge in [0, 0.05) is 63.5 Å². The predicted octanol–water partition coefficient (Wildman–Crippen LogP) is 1.99. The second-order valence-electron chi connectivity index (χ2n) is 8.86. The van der Waals surface area contributed by atoms with Gasteiger partial charge in [-0.05, 0) is 57.7 Å². The Hall–Kier alpha value is -1.89. The van der Waals surface area contributed by atoms with E-state index in [1.807, 2.05) is 21.8 Å². The number of nitrogens with zero attached hydrogens (tertiary/aromatic N) is 5. The van der Waals surface area contributed by atoms with Crippen molar-refractivity contribution in [3.63, 3.8) is 0 Å². The molecular formula is C22H35N5O2. The Balaban J connectivity index is 1.35. The van der Waals surface area contributed by atoms with Crippen LogP contribution in [0.5, 0.6) is 0 Å². The van der Waals surface area contributed by atoms with Gasteiger partial charge in [-0.25, -0.2) is 0 Å². The van der Waals surface area contributed by atoms with E-state index in [2.05, 4.69) is 14.9 Å². The number of aryl methyl sites for hydroxylation is 1. The molecular weight excluding hydrogens is 366 g/mol. The van der Waals surface area contributed by atoms with Crippen LogP contribution in [0.4, 0.5) is 0 Å². The molecule has 3 fully saturated rings. The first-order chi connectivity index (χ1) is 14.2. The standard InChI is InChI=1S/C22H35N5O2/c28-21(9-15-26-14-5-10-23-26)25-13-4-8-20(18-25)27(22(29)19-6-3-7-19)17-16-24-11-1-2-12-24/h5,10,14,19-20H,1-4,6-9,11-13,15-18H2. The van der Waals surface area contributed by atoms with Gasteiger partial charge in [0.25, 0.3) is 0 Å². The minimum absolute atomic E-state index is 0.174. The number of carbonyl (C=O) groups is 2. The van der Waals surface area contributed by atoms with Gasteiger partial charge in [0.15, 0.2) is 0 Å². The molecule has 1 aromatic rings. The minimum Gasteiger partial charge on any atom is -0.341 e. The highest BCUT2D eigenvalue weighted by Crippen LogP contribution is 2.30. The molecule has 7 heteroatoms. The average Bonchev–Trinajstić information content (AvgIpc) is 3.39. The van der Waals surface area contributed by atoms with E-state index >= 15 is 0 Å². The van der Waals surface area contributed by atoms with Crippen LogP contribution in [-0.4, -0.2) is 81.6 Å². The van der Waals surface area contributed by atoms with E-state index in [1.165, 1.54) is 19.3 Å². The van der Waals surface area contributed by atoms with E-state index < -0.39 is 0 Å². The van der Waals surface area contributed by atoms with Crippen LogP contribution in [-0.2, 0) is 16.1 Å². The second kappa shape index (κ2) is 9.74. The lowest BCUT2D eigenvalue weighted by molar-refractivity contribution is -0.145. The normalized spacial score (nSPS) is 23.2. The first-order valence-corrected chi connectivity index (χ1v) is 11.5. The van der Waals surface area contributed by atoms with Gasteiger partial charge >= 0.3 is 0 Å². The molecule has 1 unspecified atom stereocenters. The lowest BCUT2D eigenvalue weighted by Crippen LogP contribution is -2.55. The zero-order chi connectivity index (χ0) is 20.1. The predicted molar refractivity (Wildman–Crippen MR) is 111 cm³/mol. The van der Waals surface area contributed by atoms with Crippen molar-refractivity contribution in [3.05, 3.63) is 18.5 Å². The van der Waals surface area contributed by atoms with E-state index in [0.29, 0.717) is 25.4 Å². The summed E-state index contributed by atoms with van der Waals surface area (Å²) in [7, 11) is 0. The van der Waals surface area contributed by atoms with Gasteiger partial charge in [-0.3, -0.25) is 14.3 Å². The smallest absolute Gasteiger partial charge is 0.226 e. The Morgan fingerprint density at radius 1 is 1.00 bits per heavy atom. The molecule has 1 saturated carbocycles. The monoisotopic (exact) mass is 401 g/mol. The Labute approximate surface area is 174 Å². The molecule has 160 valence electrons. The number of aromatic nitrogens is 2. The Morgan fingerprint density at radius 2 is 1.83 bits per heavy atom. The first-order valence-electron chi connectivity index (χ1n) is 11.5. The van der Waals surface area contributed by atoms with Crippen molar-refractivity contribution in [3.8, 4) is 0 Å². The Morgan fingerprint density at radius 3 is 2.52 bits per heavy atom. The molecule has 4 rings (SSSR count). The minimum atomic E-state index is 0.174. The number of amides is 2. The maximum atomic E-state index is 13.2. The van der Waals surface area contributed by atoms with E-state index in [1.54, 1.807) is 6.20 Å². The molecule has 1 aliphatic carbocycles. The molecule has 1 aromatic heterocycles. The largest absolute Gasteiger partial charge is 0.341 e. The van der Waals surface area contributed by atoms with Gasteiger partial charge in [0.1, 0.15) is 0 Å². The molecule has 29 heavy (non-hydrogen) atoms. The number of rotatable bonds is 8. The molecule has 3 heterocycles. The van der Waals surface area contributed by atoms with E-state index in [0.717, 1.165) is 58.4 Å². The molecule has 2 amide bonds. The molecule has 7 nitrogen and oxygen atoms in total. The number of likely N-dealkylation sites (tertiary alicyclic amines) is 2. The molecule has 3 aliphatic rings. The van der Waals surface area contributed by atoms with Crippen LogP contribution in [0.25, 0.3) is 0 Å². The zero-order valence-corrected chi connectivity index (χ0v) is 17.5. The summed E-state index contributed by atoms with van der Waals surface area (Å²) in [6.07, 6.45) is 11.9. The zero-order valence-electron chi connectivity index (χ0n) is 17.5. The molecule has 0 N–H and O–H groups in total. The quantitative estimate of drug-likeness (QED) is 0.668. The van der Waals surface area contributed by atoms with Crippen LogP contribution in [0, 0.1) is 5.92 Å². The number of hydrogen-bond donors (Lipinski definition) is 0. The van der Waals surface area contributed by atoms with Crippen molar-refractivity contribution in [2.75, 3.05) is 39.3 Å². The second-order valence-corrected chi connectivity index (χ2v) is 8.86. The van der Waals surface area contributed by atoms with Crippen LogP contribution in [0.15, 0.2) is 18.5 Å². The molecule has 1 atom stereocenters. The molecule has 2 aliphatic heterocycles. The highest BCUT2D eigenvalue weighted by molar-refractivity contribution is 5.80. The molecule has 0 bridgehead atoms. The third-order valence-corrected chi connectivity index (χ3v) is 6.90. The van der Waals surface area contributed by atoms with Crippen LogP contribution < -0.4 is 0 Å². The van der Waals surface area contributed by atoms with Gasteiger partial charge in [-0.15, -0.1) is 0 Å². The van der Waals surface area contributed by atoms with Crippen molar-refractivity contribution in [2.24, 2.45) is 5.92 Å². The van der Waals surface area contributed by atoms with E-state index in [-0.39, 0.29) is 17.9 Å². The fraction of sp³-hybridized carbons (Fsp3) is 0.773. The fourth-order valence-electron chi connectivity index (χ4n) is 4.85. The third-order valence-electron chi connectivity index (χ3n) is 6.90. The van der Waals surface area contributed by atoms with Gasteiger partial charge in [-0.2, -0.15) is 5.10 Å². The Kier molecular flexibility index (Phi) is 6.85. The van der Waals surface area contributed by atoms with Crippen LogP contribution in [0.2, 0.25) is 0 Å². The summed E-state index contributed by atoms with van der Waals surface area (Å²) in [5, 5.41) is 4.19. The summed E-state index contributed by atoms with van der Waals surface area (Å²) >= 11 is 0. The summed E-state index contributed by atoms with van der Waals surface area (Å²) < 4.78 is 1.81. The molecule has 0 radical (unpaired) electrons. The van der Waals surface area contributed by atoms with Crippen molar-refractivity contribution in [2.45, 2.75) is 64.0 Å². The fourth-order valence-corrected chi connectivity index (χ4v) is 4.85. The summed E-state index contributed by atoms with van der Waals surface area (Å²) in [6, 6.07) is 2.05. The SMILES string of the molecule is O=C(CCn1cccn1)N1CCCC(N(CCN2CCCC2)C(=O)C2CCC2)C1. The Bertz CT molecular complexity index is 667. The lowest BCUT2D eigenvalue weighted by atomic mass is 9.83. The third kappa shape index (κ3) is 5.18. The van der Waals surface area contributed by atoms with Crippen molar-refractivity contribution >= 4 is 11.8 Å². The van der Waals surface area contributed by atoms with Crippen molar-refractivity contribution < 1.29 is 9.59 Å². The molecule has 0 aromatic carbocycles. The van der Waals surface area contributed by atoms with Crippen LogP contribution in [0.1, 0.15) is 51.4 Å². The number of piperidine rings is 1. The highest BCUT2D eigenvalue weighted by Gasteiger charge is 2.35. The van der Waals surface area contributed by atoms with Gasteiger partial charge in [0.05, 0.1) is 0 Å². The summed E-state index contributed by atoms with van der Waals surface area (Å²) in [6.45, 7) is 6.23. The van der Waals surface area contributed by atoms with E-state index in [9.17, 15) is 9.59 Å². The maximum absolute atomic E-state index is 13.2. The average molecular weight is 402 g/mol. The van der Waals surface area contributed by atoms with Crippen LogP contribution in [0.3, 0.4) is 0 Å². The van der Waals surface area contributed by atoms with E-state index in [4.69, 9.17) is 0 Å². The molecule has 2 saturated heterocycles. The summed E-state index contributed by atoms with van der Waals surface area (Å²) in [4.78, 5) is 32.6. The molecule has 0 spiro atoms. The lowest BCUT2D eigenvalue weighted by Gasteiger charge is -2.42. The number of carbonyl (C=O) groups excluding carboxylic acids is 2. The van der Waals surface area contributed by atoms with Gasteiger partial charge in [-0.1, -0.05) is 6.42 Å². The first kappa shape index (κ1) is 20.4. The summed E-state index contributed by atoms with van der Waals surface area (Å²) in [5.41, 5.74) is 0. The topological polar surface area (TPSA) is 61.7 Å².